The van der Waals surface area contributed by atoms with Gasteiger partial charge in [0.05, 0.1) is 0 Å². The second-order valence-corrected chi connectivity index (χ2v) is 7.34. The third-order valence-corrected chi connectivity index (χ3v) is 6.62. The number of hydrogen-bond donors (Lipinski definition) is 0. The average molecular weight is 283 g/mol. The van der Waals surface area contributed by atoms with Crippen LogP contribution >= 0.6 is 0 Å². The Bertz CT molecular complexity index is 212. The van der Waals surface area contributed by atoms with Crippen molar-refractivity contribution >= 4 is 0 Å². The molecular weight excluding hydrogens is 240 g/mol. The van der Waals surface area contributed by atoms with Crippen molar-refractivity contribution in [1.29, 1.82) is 0 Å². The van der Waals surface area contributed by atoms with Gasteiger partial charge in [0.1, 0.15) is 0 Å². The highest BCUT2D eigenvalue weighted by molar-refractivity contribution is 4.86. The zero-order valence-corrected chi connectivity index (χ0v) is 15.8. The fourth-order valence-electron chi connectivity index (χ4n) is 4.23. The molecule has 0 aliphatic rings. The first-order valence-electron chi connectivity index (χ1n) is 9.43. The van der Waals surface area contributed by atoms with Crippen LogP contribution in [-0.4, -0.2) is 0 Å². The Balaban J connectivity index is 5.21. The molecule has 0 bridgehead atoms. The van der Waals surface area contributed by atoms with E-state index in [-0.39, 0.29) is 0 Å². The summed E-state index contributed by atoms with van der Waals surface area (Å²) in [5.41, 5.74) is 0.532. The Morgan fingerprint density at radius 2 is 1.10 bits per heavy atom. The summed E-state index contributed by atoms with van der Waals surface area (Å²) in [5, 5.41) is 0. The summed E-state index contributed by atoms with van der Waals surface area (Å²) in [7, 11) is 0. The maximum atomic E-state index is 2.55. The van der Waals surface area contributed by atoms with E-state index in [1.54, 1.807) is 0 Å². The van der Waals surface area contributed by atoms with E-state index in [1.807, 2.05) is 0 Å². The summed E-state index contributed by atoms with van der Waals surface area (Å²) >= 11 is 0. The van der Waals surface area contributed by atoms with Crippen LogP contribution in [0, 0.1) is 29.1 Å². The maximum Gasteiger partial charge on any atom is -0.0300 e. The molecule has 0 spiro atoms. The third kappa shape index (κ3) is 5.08. The second kappa shape index (κ2) is 9.85. The highest BCUT2D eigenvalue weighted by atomic mass is 14.4. The Hall–Kier alpha value is 0. The average Bonchev–Trinajstić information content (AvgIpc) is 2.48. The van der Waals surface area contributed by atoms with Crippen LogP contribution in [0.25, 0.3) is 0 Å². The molecule has 0 saturated carbocycles. The molecule has 0 fully saturated rings. The zero-order valence-electron chi connectivity index (χ0n) is 15.8. The lowest BCUT2D eigenvalue weighted by molar-refractivity contribution is 0.0757. The molecule has 0 amide bonds. The van der Waals surface area contributed by atoms with Gasteiger partial charge in [-0.2, -0.15) is 0 Å². The second-order valence-electron chi connectivity index (χ2n) is 7.34. The molecule has 2 unspecified atom stereocenters. The van der Waals surface area contributed by atoms with Crippen LogP contribution in [0.5, 0.6) is 0 Å². The summed E-state index contributed by atoms with van der Waals surface area (Å²) in [6, 6.07) is 0. The standard InChI is InChI=1S/C20H42/c1-9-16(7)20(8,14-6)15-19(17(10-2)11-3)18(12-4)13-5/h16-19H,9-15H2,1-8H3. The molecule has 0 aromatic heterocycles. The minimum absolute atomic E-state index is 0.532. The molecule has 0 saturated heterocycles. The number of rotatable bonds is 11. The zero-order chi connectivity index (χ0) is 15.8. The van der Waals surface area contributed by atoms with Gasteiger partial charge < -0.3 is 0 Å². The summed E-state index contributed by atoms with van der Waals surface area (Å²) < 4.78 is 0. The van der Waals surface area contributed by atoms with Gasteiger partial charge in [0, 0.05) is 0 Å². The van der Waals surface area contributed by atoms with E-state index < -0.39 is 0 Å². The molecule has 0 aromatic carbocycles. The van der Waals surface area contributed by atoms with Crippen molar-refractivity contribution in [2.75, 3.05) is 0 Å². The summed E-state index contributed by atoms with van der Waals surface area (Å²) in [6.07, 6.45) is 9.53. The molecule has 0 radical (unpaired) electrons. The van der Waals surface area contributed by atoms with Gasteiger partial charge >= 0.3 is 0 Å². The summed E-state index contributed by atoms with van der Waals surface area (Å²) in [4.78, 5) is 0. The lowest BCUT2D eigenvalue weighted by atomic mass is 9.63. The van der Waals surface area contributed by atoms with Crippen LogP contribution < -0.4 is 0 Å². The van der Waals surface area contributed by atoms with Gasteiger partial charge in [-0.1, -0.05) is 93.9 Å². The van der Waals surface area contributed by atoms with Gasteiger partial charge in [0.15, 0.2) is 0 Å². The van der Waals surface area contributed by atoms with Crippen LogP contribution in [0.4, 0.5) is 0 Å². The molecule has 2 atom stereocenters. The Morgan fingerprint density at radius 3 is 1.35 bits per heavy atom. The van der Waals surface area contributed by atoms with Crippen molar-refractivity contribution in [3.63, 3.8) is 0 Å². The van der Waals surface area contributed by atoms with Crippen molar-refractivity contribution in [2.24, 2.45) is 29.1 Å². The molecule has 0 N–H and O–H groups in total. The molecule has 0 aliphatic heterocycles. The van der Waals surface area contributed by atoms with Gasteiger partial charge in [-0.05, 0) is 35.5 Å². The number of hydrogen-bond acceptors (Lipinski definition) is 0. The van der Waals surface area contributed by atoms with E-state index >= 15 is 0 Å². The van der Waals surface area contributed by atoms with E-state index in [4.69, 9.17) is 0 Å². The predicted molar refractivity (Wildman–Crippen MR) is 94.1 cm³/mol. The highest BCUT2D eigenvalue weighted by Gasteiger charge is 2.35. The smallest absolute Gasteiger partial charge is 0.0300 e. The fourth-order valence-corrected chi connectivity index (χ4v) is 4.23. The first kappa shape index (κ1) is 20.0. The van der Waals surface area contributed by atoms with E-state index in [0.29, 0.717) is 5.41 Å². The van der Waals surface area contributed by atoms with E-state index in [0.717, 1.165) is 23.7 Å². The molecule has 20 heavy (non-hydrogen) atoms. The first-order valence-corrected chi connectivity index (χ1v) is 9.43. The van der Waals surface area contributed by atoms with Crippen LogP contribution in [0.3, 0.4) is 0 Å². The normalized spacial score (nSPS) is 16.9. The molecule has 0 heterocycles. The Labute approximate surface area is 130 Å². The molecular formula is C20H42. The SMILES string of the molecule is CCC(CC)C(CC(C)(CC)C(C)CC)C(CC)CC. The predicted octanol–water partition coefficient (Wildman–Crippen LogP) is 7.33. The van der Waals surface area contributed by atoms with Gasteiger partial charge in [0.25, 0.3) is 0 Å². The van der Waals surface area contributed by atoms with E-state index in [9.17, 15) is 0 Å². The van der Waals surface area contributed by atoms with Crippen molar-refractivity contribution in [3.8, 4) is 0 Å². The Morgan fingerprint density at radius 1 is 0.700 bits per heavy atom. The molecule has 0 nitrogen and oxygen atoms in total. The lowest BCUT2D eigenvalue weighted by Crippen LogP contribution is -2.33. The van der Waals surface area contributed by atoms with E-state index in [2.05, 4.69) is 55.4 Å². The molecule has 122 valence electrons. The molecule has 0 aliphatic carbocycles. The summed E-state index contributed by atoms with van der Waals surface area (Å²) in [6.45, 7) is 19.4. The lowest BCUT2D eigenvalue weighted by Gasteiger charge is -2.42. The minimum atomic E-state index is 0.532. The van der Waals surface area contributed by atoms with Crippen molar-refractivity contribution < 1.29 is 0 Å². The quantitative estimate of drug-likeness (QED) is 0.372. The molecule has 0 rings (SSSR count). The van der Waals surface area contributed by atoms with Gasteiger partial charge in [-0.15, -0.1) is 0 Å². The minimum Gasteiger partial charge on any atom is -0.0651 e. The molecule has 0 heteroatoms. The monoisotopic (exact) mass is 282 g/mol. The van der Waals surface area contributed by atoms with Gasteiger partial charge in [0.2, 0.25) is 0 Å². The van der Waals surface area contributed by atoms with Gasteiger partial charge in [-0.3, -0.25) is 0 Å². The van der Waals surface area contributed by atoms with Gasteiger partial charge in [-0.25, -0.2) is 0 Å². The maximum absolute atomic E-state index is 2.55. The van der Waals surface area contributed by atoms with Crippen LogP contribution in [-0.2, 0) is 0 Å². The van der Waals surface area contributed by atoms with E-state index in [1.165, 1.54) is 44.9 Å². The fraction of sp³-hybridized carbons (Fsp3) is 1.00. The van der Waals surface area contributed by atoms with Crippen molar-refractivity contribution in [1.82, 2.24) is 0 Å². The highest BCUT2D eigenvalue weighted by Crippen LogP contribution is 2.45. The molecule has 0 aromatic rings. The van der Waals surface area contributed by atoms with Crippen molar-refractivity contribution in [2.45, 2.75) is 100 Å². The van der Waals surface area contributed by atoms with Crippen LogP contribution in [0.15, 0.2) is 0 Å². The topological polar surface area (TPSA) is 0 Å². The van der Waals surface area contributed by atoms with Crippen molar-refractivity contribution in [3.05, 3.63) is 0 Å². The third-order valence-electron chi connectivity index (χ3n) is 6.62. The van der Waals surface area contributed by atoms with Crippen LogP contribution in [0.1, 0.15) is 100 Å². The summed E-state index contributed by atoms with van der Waals surface area (Å²) in [5.74, 6) is 3.63. The largest absolute Gasteiger partial charge is 0.0651 e. The Kier molecular flexibility index (Phi) is 9.85. The van der Waals surface area contributed by atoms with Crippen LogP contribution in [0.2, 0.25) is 0 Å². The first-order chi connectivity index (χ1) is 9.43.